The monoisotopic (exact) mass is 398 g/mol. The minimum atomic E-state index is -0.197. The Morgan fingerprint density at radius 3 is 2.75 bits per heavy atom. The number of fused-ring (bicyclic) bond motifs is 3. The minimum Gasteiger partial charge on any atom is -0.379 e. The molecule has 0 spiro atoms. The first-order valence-corrected chi connectivity index (χ1v) is 10.1. The molecule has 4 rings (SSSR count). The first-order valence-electron chi connectivity index (χ1n) is 9.22. The van der Waals surface area contributed by atoms with Crippen molar-refractivity contribution in [3.63, 3.8) is 0 Å². The van der Waals surface area contributed by atoms with Crippen LogP contribution < -0.4 is 5.73 Å². The summed E-state index contributed by atoms with van der Waals surface area (Å²) in [5, 5.41) is 2.05. The molecule has 0 radical (unpaired) electrons. The third kappa shape index (κ3) is 4.07. The molecule has 2 aliphatic rings. The van der Waals surface area contributed by atoms with Crippen molar-refractivity contribution in [2.75, 3.05) is 38.6 Å². The van der Waals surface area contributed by atoms with E-state index in [4.69, 9.17) is 10.5 Å². The Labute approximate surface area is 167 Å². The molecule has 146 valence electrons. The first kappa shape index (κ1) is 18.6. The molecule has 1 aromatic carbocycles. The number of benzene rings is 1. The number of hydrogen-bond acceptors (Lipinski definition) is 6. The zero-order valence-corrected chi connectivity index (χ0v) is 16.2. The molecular weight excluding hydrogens is 376 g/mol. The maximum Gasteiger partial charge on any atom is 0.273 e. The largest absolute Gasteiger partial charge is 0.379 e. The summed E-state index contributed by atoms with van der Waals surface area (Å²) in [5.41, 5.74) is 7.02. The number of thiazole rings is 1. The number of nitrogen functional groups attached to an aromatic ring is 1. The molecular formula is C20H22N4O3S. The zero-order valence-electron chi connectivity index (χ0n) is 15.4. The van der Waals surface area contributed by atoms with E-state index >= 15 is 0 Å². The molecule has 2 fully saturated rings. The van der Waals surface area contributed by atoms with Gasteiger partial charge in [-0.2, -0.15) is 0 Å². The lowest BCUT2D eigenvalue weighted by Gasteiger charge is -2.30. The molecule has 2 N–H and O–H groups in total. The second-order valence-corrected chi connectivity index (χ2v) is 7.96. The summed E-state index contributed by atoms with van der Waals surface area (Å²) in [6.45, 7) is 2.50. The molecule has 2 aromatic rings. The summed E-state index contributed by atoms with van der Waals surface area (Å²) in [6, 6.07) is 9.52. The maximum atomic E-state index is 12.9. The summed E-state index contributed by atoms with van der Waals surface area (Å²) >= 11 is 1.25. The van der Waals surface area contributed by atoms with Gasteiger partial charge in [0.2, 0.25) is 5.91 Å². The number of nitrogens with two attached hydrogens (primary N) is 1. The standard InChI is InChI=1S/C20H22N4O3S/c21-20-22-17(13-28-20)19(26)24-9-15-8-23(10-16(24)12-27-11-15)18(25)7-6-14-4-2-1-3-5-14/h1-7,13,15-16H,8-12H2,(H2,21,22)/t15-,16-/m0/s1. The second kappa shape index (κ2) is 8.12. The van der Waals surface area contributed by atoms with Crippen LogP contribution in [0.5, 0.6) is 0 Å². The average molecular weight is 398 g/mol. The van der Waals surface area contributed by atoms with Gasteiger partial charge in [0.25, 0.3) is 5.91 Å². The number of ether oxygens (including phenoxy) is 1. The molecule has 28 heavy (non-hydrogen) atoms. The van der Waals surface area contributed by atoms with Crippen molar-refractivity contribution in [2.24, 2.45) is 5.92 Å². The van der Waals surface area contributed by atoms with Crippen LogP contribution in [-0.4, -0.2) is 65.5 Å². The normalized spacial score (nSPS) is 22.3. The maximum absolute atomic E-state index is 12.9. The molecule has 1 aromatic heterocycles. The lowest BCUT2D eigenvalue weighted by atomic mass is 10.1. The Morgan fingerprint density at radius 2 is 2.00 bits per heavy atom. The summed E-state index contributed by atoms with van der Waals surface area (Å²) < 4.78 is 5.75. The van der Waals surface area contributed by atoms with Crippen molar-refractivity contribution in [3.8, 4) is 0 Å². The fraction of sp³-hybridized carbons (Fsp3) is 0.350. The highest BCUT2D eigenvalue weighted by molar-refractivity contribution is 7.13. The third-order valence-electron chi connectivity index (χ3n) is 5.00. The van der Waals surface area contributed by atoms with Crippen LogP contribution in [0.3, 0.4) is 0 Å². The van der Waals surface area contributed by atoms with Crippen LogP contribution in [0.25, 0.3) is 6.08 Å². The van der Waals surface area contributed by atoms with Crippen LogP contribution in [0, 0.1) is 5.92 Å². The number of anilines is 1. The van der Waals surface area contributed by atoms with Crippen LogP contribution in [0.1, 0.15) is 16.1 Å². The Morgan fingerprint density at radius 1 is 1.18 bits per heavy atom. The van der Waals surface area contributed by atoms with E-state index in [0.717, 1.165) is 5.56 Å². The van der Waals surface area contributed by atoms with Gasteiger partial charge in [0.1, 0.15) is 5.69 Å². The number of nitrogens with zero attached hydrogens (tertiary/aromatic N) is 3. The van der Waals surface area contributed by atoms with Crippen LogP contribution in [0.2, 0.25) is 0 Å². The van der Waals surface area contributed by atoms with Gasteiger partial charge in [-0.3, -0.25) is 9.59 Å². The molecule has 0 saturated carbocycles. The Bertz CT molecular complexity index is 883. The molecule has 2 aliphatic heterocycles. The van der Waals surface area contributed by atoms with Gasteiger partial charge in [-0.15, -0.1) is 11.3 Å². The highest BCUT2D eigenvalue weighted by atomic mass is 32.1. The van der Waals surface area contributed by atoms with E-state index in [0.29, 0.717) is 43.7 Å². The number of amides is 2. The van der Waals surface area contributed by atoms with Crippen molar-refractivity contribution >= 4 is 34.4 Å². The predicted octanol–water partition coefficient (Wildman–Crippen LogP) is 1.74. The smallest absolute Gasteiger partial charge is 0.273 e. The summed E-state index contributed by atoms with van der Waals surface area (Å²) in [6.07, 6.45) is 3.42. The van der Waals surface area contributed by atoms with Gasteiger partial charge in [0.15, 0.2) is 5.13 Å². The molecule has 2 bridgehead atoms. The van der Waals surface area contributed by atoms with Gasteiger partial charge >= 0.3 is 0 Å². The first-order chi connectivity index (χ1) is 13.6. The summed E-state index contributed by atoms with van der Waals surface area (Å²) in [5.74, 6) is -0.128. The zero-order chi connectivity index (χ0) is 19.5. The van der Waals surface area contributed by atoms with Crippen molar-refractivity contribution in [2.45, 2.75) is 6.04 Å². The van der Waals surface area contributed by atoms with Crippen molar-refractivity contribution < 1.29 is 14.3 Å². The van der Waals surface area contributed by atoms with Gasteiger partial charge < -0.3 is 20.3 Å². The summed E-state index contributed by atoms with van der Waals surface area (Å²) in [7, 11) is 0. The van der Waals surface area contributed by atoms with Gasteiger partial charge in [-0.05, 0) is 11.6 Å². The van der Waals surface area contributed by atoms with Crippen LogP contribution in [0.15, 0.2) is 41.8 Å². The molecule has 3 heterocycles. The van der Waals surface area contributed by atoms with Crippen molar-refractivity contribution in [3.05, 3.63) is 53.0 Å². The molecule has 2 saturated heterocycles. The molecule has 2 atom stereocenters. The van der Waals surface area contributed by atoms with Gasteiger partial charge in [0, 0.05) is 37.0 Å². The second-order valence-electron chi connectivity index (χ2n) is 7.07. The fourth-order valence-electron chi connectivity index (χ4n) is 3.64. The lowest BCUT2D eigenvalue weighted by Crippen LogP contribution is -2.47. The van der Waals surface area contributed by atoms with E-state index < -0.39 is 0 Å². The summed E-state index contributed by atoms with van der Waals surface area (Å²) in [4.78, 5) is 33.4. The molecule has 2 amide bonds. The van der Waals surface area contributed by atoms with E-state index in [2.05, 4.69) is 4.98 Å². The number of aromatic nitrogens is 1. The van der Waals surface area contributed by atoms with Crippen molar-refractivity contribution in [1.29, 1.82) is 0 Å². The Balaban J connectivity index is 1.50. The number of hydrogen-bond donors (Lipinski definition) is 1. The minimum absolute atomic E-state index is 0.0482. The lowest BCUT2D eigenvalue weighted by molar-refractivity contribution is -0.127. The van der Waals surface area contributed by atoms with Gasteiger partial charge in [-0.1, -0.05) is 30.3 Å². The SMILES string of the molecule is Nc1nc(C(=O)N2C[C@H]3COC[C@@H]2CN(C(=O)C=Cc2ccccc2)C3)cs1. The number of carbonyl (C=O) groups is 2. The third-order valence-corrected chi connectivity index (χ3v) is 5.67. The molecule has 7 nitrogen and oxygen atoms in total. The van der Waals surface area contributed by atoms with Crippen LogP contribution in [-0.2, 0) is 9.53 Å². The molecule has 8 heteroatoms. The van der Waals surface area contributed by atoms with Gasteiger partial charge in [0.05, 0.1) is 19.3 Å². The highest BCUT2D eigenvalue weighted by Crippen LogP contribution is 2.23. The van der Waals surface area contributed by atoms with Crippen LogP contribution in [0.4, 0.5) is 5.13 Å². The van der Waals surface area contributed by atoms with E-state index in [1.54, 1.807) is 16.4 Å². The van der Waals surface area contributed by atoms with E-state index in [-0.39, 0.29) is 23.8 Å². The Hall–Kier alpha value is -2.71. The fourth-order valence-corrected chi connectivity index (χ4v) is 4.18. The average Bonchev–Trinajstić information content (AvgIpc) is 2.92. The van der Waals surface area contributed by atoms with E-state index in [1.807, 2.05) is 41.3 Å². The highest BCUT2D eigenvalue weighted by Gasteiger charge is 2.37. The van der Waals surface area contributed by atoms with Crippen molar-refractivity contribution in [1.82, 2.24) is 14.8 Å². The quantitative estimate of drug-likeness (QED) is 0.796. The predicted molar refractivity (Wildman–Crippen MR) is 108 cm³/mol. The molecule has 0 aliphatic carbocycles. The number of rotatable bonds is 3. The topological polar surface area (TPSA) is 88.8 Å². The van der Waals surface area contributed by atoms with E-state index in [9.17, 15) is 9.59 Å². The van der Waals surface area contributed by atoms with Crippen LogP contribution >= 0.6 is 11.3 Å². The Kier molecular flexibility index (Phi) is 5.40. The molecule has 0 unspecified atom stereocenters. The van der Waals surface area contributed by atoms with E-state index in [1.165, 1.54) is 11.3 Å². The number of carbonyl (C=O) groups excluding carboxylic acids is 2. The van der Waals surface area contributed by atoms with Gasteiger partial charge in [-0.25, -0.2) is 4.98 Å².